The third kappa shape index (κ3) is 2.00. The van der Waals surface area contributed by atoms with E-state index in [0.29, 0.717) is 6.54 Å². The topological polar surface area (TPSA) is 43.8 Å². The monoisotopic (exact) mass is 285 g/mol. The Hall–Kier alpha value is -0.650. The van der Waals surface area contributed by atoms with Gasteiger partial charge in [0.25, 0.3) is 0 Å². The molecule has 0 radical (unpaired) electrons. The highest BCUT2D eigenvalue weighted by atomic mass is 79.9. The van der Waals surface area contributed by atoms with Crippen LogP contribution in [0.4, 0.5) is 0 Å². The number of hydrogen-bond donors (Lipinski definition) is 1. The SMILES string of the molecule is Cn1nc(CCN)c(Br)c1-c1cccs1. The molecule has 0 saturated carbocycles. The number of halogens is 1. The second kappa shape index (κ2) is 4.47. The molecule has 80 valence electrons. The van der Waals surface area contributed by atoms with Gasteiger partial charge in [0.15, 0.2) is 0 Å². The quantitative estimate of drug-likeness (QED) is 0.941. The third-order valence-corrected chi connectivity index (χ3v) is 3.90. The van der Waals surface area contributed by atoms with E-state index < -0.39 is 0 Å². The lowest BCUT2D eigenvalue weighted by molar-refractivity contribution is 0.746. The van der Waals surface area contributed by atoms with Gasteiger partial charge in [0.1, 0.15) is 0 Å². The van der Waals surface area contributed by atoms with Crippen LogP contribution < -0.4 is 5.73 Å². The molecular weight excluding hydrogens is 274 g/mol. The largest absolute Gasteiger partial charge is 0.330 e. The van der Waals surface area contributed by atoms with Crippen molar-refractivity contribution in [2.75, 3.05) is 6.54 Å². The van der Waals surface area contributed by atoms with Gasteiger partial charge in [0.05, 0.1) is 20.7 Å². The predicted molar refractivity (Wildman–Crippen MR) is 67.0 cm³/mol. The summed E-state index contributed by atoms with van der Waals surface area (Å²) in [6.45, 7) is 0.624. The number of aryl methyl sites for hydroxylation is 1. The van der Waals surface area contributed by atoms with Crippen LogP contribution in [0.3, 0.4) is 0 Å². The molecule has 2 N–H and O–H groups in total. The van der Waals surface area contributed by atoms with Gasteiger partial charge in [-0.25, -0.2) is 0 Å². The van der Waals surface area contributed by atoms with Crippen molar-refractivity contribution in [2.24, 2.45) is 12.8 Å². The minimum Gasteiger partial charge on any atom is -0.330 e. The van der Waals surface area contributed by atoms with Crippen molar-refractivity contribution in [1.82, 2.24) is 9.78 Å². The number of hydrogen-bond acceptors (Lipinski definition) is 3. The molecule has 0 spiro atoms. The smallest absolute Gasteiger partial charge is 0.0923 e. The second-order valence-electron chi connectivity index (χ2n) is 3.25. The van der Waals surface area contributed by atoms with Crippen LogP contribution in [0.1, 0.15) is 5.69 Å². The molecule has 0 saturated heterocycles. The zero-order valence-electron chi connectivity index (χ0n) is 8.40. The maximum Gasteiger partial charge on any atom is 0.0923 e. The third-order valence-electron chi connectivity index (χ3n) is 2.19. The van der Waals surface area contributed by atoms with Crippen LogP contribution in [0.15, 0.2) is 22.0 Å². The minimum absolute atomic E-state index is 0.624. The second-order valence-corrected chi connectivity index (χ2v) is 4.99. The Morgan fingerprint density at radius 2 is 2.40 bits per heavy atom. The van der Waals surface area contributed by atoms with E-state index in [1.807, 2.05) is 17.8 Å². The number of nitrogens with zero attached hydrogens (tertiary/aromatic N) is 2. The van der Waals surface area contributed by atoms with Crippen LogP contribution in [-0.2, 0) is 13.5 Å². The summed E-state index contributed by atoms with van der Waals surface area (Å²) < 4.78 is 2.97. The van der Waals surface area contributed by atoms with Crippen LogP contribution in [-0.4, -0.2) is 16.3 Å². The van der Waals surface area contributed by atoms with Crippen molar-refractivity contribution in [3.63, 3.8) is 0 Å². The van der Waals surface area contributed by atoms with E-state index in [4.69, 9.17) is 5.73 Å². The van der Waals surface area contributed by atoms with Crippen LogP contribution in [0.25, 0.3) is 10.6 Å². The van der Waals surface area contributed by atoms with E-state index in [1.165, 1.54) is 4.88 Å². The van der Waals surface area contributed by atoms with E-state index >= 15 is 0 Å². The lowest BCUT2D eigenvalue weighted by Gasteiger charge is -1.98. The van der Waals surface area contributed by atoms with E-state index in [1.54, 1.807) is 11.3 Å². The van der Waals surface area contributed by atoms with Crippen LogP contribution in [0.2, 0.25) is 0 Å². The summed E-state index contributed by atoms with van der Waals surface area (Å²) >= 11 is 5.31. The number of rotatable bonds is 3. The molecule has 0 bridgehead atoms. The van der Waals surface area contributed by atoms with E-state index in [-0.39, 0.29) is 0 Å². The Balaban J connectivity index is 2.48. The Morgan fingerprint density at radius 3 is 3.00 bits per heavy atom. The average Bonchev–Trinajstić information content (AvgIpc) is 2.77. The minimum atomic E-state index is 0.624. The van der Waals surface area contributed by atoms with Crippen LogP contribution >= 0.6 is 27.3 Å². The Morgan fingerprint density at radius 1 is 1.60 bits per heavy atom. The van der Waals surface area contributed by atoms with E-state index in [9.17, 15) is 0 Å². The predicted octanol–water partition coefficient (Wildman–Crippen LogP) is 2.41. The highest BCUT2D eigenvalue weighted by Crippen LogP contribution is 2.33. The molecule has 0 aliphatic carbocycles. The standard InChI is InChI=1S/C10H12BrN3S/c1-14-10(8-3-2-6-15-8)9(11)7(13-14)4-5-12/h2-3,6H,4-5,12H2,1H3. The first-order valence-corrected chi connectivity index (χ1v) is 6.36. The maximum atomic E-state index is 5.54. The van der Waals surface area contributed by atoms with Gasteiger partial charge in [-0.2, -0.15) is 5.10 Å². The molecule has 0 fully saturated rings. The zero-order chi connectivity index (χ0) is 10.8. The van der Waals surface area contributed by atoms with Gasteiger partial charge in [-0.3, -0.25) is 4.68 Å². The Bertz CT molecular complexity index is 447. The number of thiophene rings is 1. The molecule has 0 aliphatic heterocycles. The summed E-state index contributed by atoms with van der Waals surface area (Å²) in [5.74, 6) is 0. The van der Waals surface area contributed by atoms with E-state index in [0.717, 1.165) is 22.3 Å². The van der Waals surface area contributed by atoms with Gasteiger partial charge in [-0.05, 0) is 33.9 Å². The average molecular weight is 286 g/mol. The maximum absolute atomic E-state index is 5.54. The van der Waals surface area contributed by atoms with Crippen LogP contribution in [0, 0.1) is 0 Å². The number of nitrogens with two attached hydrogens (primary N) is 1. The van der Waals surface area contributed by atoms with Crippen molar-refractivity contribution in [3.8, 4) is 10.6 Å². The van der Waals surface area contributed by atoms with E-state index in [2.05, 4.69) is 32.5 Å². The molecular formula is C10H12BrN3S. The molecule has 2 aromatic rings. The van der Waals surface area contributed by atoms with Crippen molar-refractivity contribution in [1.29, 1.82) is 0 Å². The lowest BCUT2D eigenvalue weighted by atomic mass is 10.2. The first-order valence-electron chi connectivity index (χ1n) is 4.69. The lowest BCUT2D eigenvalue weighted by Crippen LogP contribution is -2.04. The van der Waals surface area contributed by atoms with Gasteiger partial charge >= 0.3 is 0 Å². The highest BCUT2D eigenvalue weighted by molar-refractivity contribution is 9.10. The van der Waals surface area contributed by atoms with Gasteiger partial charge in [0, 0.05) is 13.5 Å². The zero-order valence-corrected chi connectivity index (χ0v) is 10.8. The van der Waals surface area contributed by atoms with Gasteiger partial charge in [-0.1, -0.05) is 6.07 Å². The molecule has 5 heteroatoms. The summed E-state index contributed by atoms with van der Waals surface area (Å²) in [5.41, 5.74) is 7.70. The van der Waals surface area contributed by atoms with Crippen molar-refractivity contribution in [2.45, 2.75) is 6.42 Å². The molecule has 15 heavy (non-hydrogen) atoms. The summed E-state index contributed by atoms with van der Waals surface area (Å²) in [6, 6.07) is 4.14. The Kier molecular flexibility index (Phi) is 3.23. The van der Waals surface area contributed by atoms with Gasteiger partial charge < -0.3 is 5.73 Å². The van der Waals surface area contributed by atoms with Crippen molar-refractivity contribution in [3.05, 3.63) is 27.7 Å². The summed E-state index contributed by atoms with van der Waals surface area (Å²) in [4.78, 5) is 1.22. The summed E-state index contributed by atoms with van der Waals surface area (Å²) in [6.07, 6.45) is 0.805. The molecule has 0 unspecified atom stereocenters. The first kappa shape index (κ1) is 10.9. The highest BCUT2D eigenvalue weighted by Gasteiger charge is 2.15. The first-order chi connectivity index (χ1) is 7.24. The molecule has 2 heterocycles. The van der Waals surface area contributed by atoms with Gasteiger partial charge in [0.2, 0.25) is 0 Å². The van der Waals surface area contributed by atoms with Crippen molar-refractivity contribution >= 4 is 27.3 Å². The molecule has 0 atom stereocenters. The molecule has 3 nitrogen and oxygen atoms in total. The summed E-state index contributed by atoms with van der Waals surface area (Å²) in [7, 11) is 1.96. The molecule has 2 rings (SSSR count). The number of aromatic nitrogens is 2. The fourth-order valence-electron chi connectivity index (χ4n) is 1.53. The van der Waals surface area contributed by atoms with Crippen LogP contribution in [0.5, 0.6) is 0 Å². The molecule has 0 amide bonds. The fraction of sp³-hybridized carbons (Fsp3) is 0.300. The normalized spacial score (nSPS) is 10.9. The Labute approximate surface area is 101 Å². The summed E-state index contributed by atoms with van der Waals surface area (Å²) in [5, 5.41) is 6.52. The molecule has 2 aromatic heterocycles. The van der Waals surface area contributed by atoms with Crippen molar-refractivity contribution < 1.29 is 0 Å². The van der Waals surface area contributed by atoms with Gasteiger partial charge in [-0.15, -0.1) is 11.3 Å². The molecule has 0 aliphatic rings. The fourth-order valence-corrected chi connectivity index (χ4v) is 3.22. The molecule has 0 aromatic carbocycles.